The van der Waals surface area contributed by atoms with Crippen molar-refractivity contribution in [1.29, 1.82) is 0 Å². The summed E-state index contributed by atoms with van der Waals surface area (Å²) in [5, 5.41) is 7.85. The minimum Gasteiger partial charge on any atom is -0.451 e. The van der Waals surface area contributed by atoms with E-state index in [0.29, 0.717) is 35.6 Å². The molecule has 4 aromatic rings. The van der Waals surface area contributed by atoms with E-state index in [9.17, 15) is 9.59 Å². The molecule has 8 nitrogen and oxygen atoms in total. The van der Waals surface area contributed by atoms with Crippen LogP contribution >= 0.6 is 0 Å². The normalized spacial score (nSPS) is 20.2. The molecule has 0 bridgehead atoms. The van der Waals surface area contributed by atoms with Gasteiger partial charge in [0.1, 0.15) is 16.8 Å². The fourth-order valence-electron chi connectivity index (χ4n) is 7.23. The Morgan fingerprint density at radius 2 is 1.65 bits per heavy atom. The molecule has 1 aromatic heterocycles. The van der Waals surface area contributed by atoms with E-state index in [1.54, 1.807) is 4.57 Å². The standard InChI is InChI=1S/C31H33FN4O3.C6H13N.C2H6/c1-18-8-6-9-19(2)35(18)13-7-12-34-27-24(32)16-22-28-30(27)39-26-15-21-11-5-4-10-20(21)14-25(26)36(28)17-23(29(22)37)31(38)33-3;1-6-4-3-5-7(6)2;1-2/h4-5,10-11,14-19,34H,6-9,12-13H2,1-3H3,(H,33,38);6H,3-5H2,1-2H3;1-2H3. The predicted octanol–water partition coefficient (Wildman–Crippen LogP) is 7.94. The van der Waals surface area contributed by atoms with E-state index in [4.69, 9.17) is 4.74 Å². The Balaban J connectivity index is 0.000000440. The molecule has 0 spiro atoms. The van der Waals surface area contributed by atoms with E-state index < -0.39 is 17.2 Å². The van der Waals surface area contributed by atoms with Gasteiger partial charge in [-0.15, -0.1) is 0 Å². The highest BCUT2D eigenvalue weighted by atomic mass is 19.1. The second-order valence-corrected chi connectivity index (χ2v) is 13.2. The molecule has 2 N–H and O–H groups in total. The van der Waals surface area contributed by atoms with Crippen molar-refractivity contribution in [2.24, 2.45) is 0 Å². The third-order valence-corrected chi connectivity index (χ3v) is 10.1. The highest BCUT2D eigenvalue weighted by Crippen LogP contribution is 2.46. The second-order valence-electron chi connectivity index (χ2n) is 13.2. The number of piperidine rings is 1. The molecule has 4 heterocycles. The van der Waals surface area contributed by atoms with Crippen LogP contribution < -0.4 is 20.8 Å². The first kappa shape index (κ1) is 35.4. The molecule has 3 unspecified atom stereocenters. The molecule has 7 rings (SSSR count). The van der Waals surface area contributed by atoms with Gasteiger partial charge in [0.15, 0.2) is 17.3 Å². The number of carbonyl (C=O) groups excluding carboxylic acids is 1. The fourth-order valence-corrected chi connectivity index (χ4v) is 7.23. The Hall–Kier alpha value is -3.95. The molecular weight excluding hydrogens is 605 g/mol. The van der Waals surface area contributed by atoms with Crippen molar-refractivity contribution in [3.05, 3.63) is 70.3 Å². The van der Waals surface area contributed by atoms with E-state index in [1.807, 2.05) is 50.2 Å². The Morgan fingerprint density at radius 3 is 2.25 bits per heavy atom. The summed E-state index contributed by atoms with van der Waals surface area (Å²) in [6, 6.07) is 14.9. The van der Waals surface area contributed by atoms with Crippen LogP contribution in [0.15, 0.2) is 53.5 Å². The number of nitrogens with zero attached hydrogens (tertiary/aromatic N) is 3. The number of benzene rings is 3. The minimum atomic E-state index is -0.584. The van der Waals surface area contributed by atoms with Crippen LogP contribution in [0.5, 0.6) is 11.5 Å². The van der Waals surface area contributed by atoms with Crippen LogP contribution in [-0.2, 0) is 0 Å². The summed E-state index contributed by atoms with van der Waals surface area (Å²) in [6.45, 7) is 13.6. The summed E-state index contributed by atoms with van der Waals surface area (Å²) in [7, 11) is 3.66. The van der Waals surface area contributed by atoms with Gasteiger partial charge in [0.25, 0.3) is 5.91 Å². The third kappa shape index (κ3) is 7.08. The van der Waals surface area contributed by atoms with Gasteiger partial charge < -0.3 is 24.8 Å². The SMILES string of the molecule is CC.CC1CCCN1C.CNC(=O)c1cn2c3c(c(NCCCN4C(C)CCCC4C)c(F)cc3c1=O)Oc1cc3ccccc3cc1-2. The first-order valence-electron chi connectivity index (χ1n) is 17.7. The molecule has 3 aliphatic heterocycles. The highest BCUT2D eigenvalue weighted by molar-refractivity contribution is 6.02. The van der Waals surface area contributed by atoms with E-state index >= 15 is 4.39 Å². The largest absolute Gasteiger partial charge is 0.451 e. The topological polar surface area (TPSA) is 78.8 Å². The van der Waals surface area contributed by atoms with Crippen LogP contribution in [0, 0.1) is 5.82 Å². The Bertz CT molecular complexity index is 1800. The zero-order chi connectivity index (χ0) is 34.5. The second kappa shape index (κ2) is 15.5. The van der Waals surface area contributed by atoms with Gasteiger partial charge in [-0.2, -0.15) is 0 Å². The zero-order valence-electron chi connectivity index (χ0n) is 29.7. The number of rotatable bonds is 6. The van der Waals surface area contributed by atoms with Gasteiger partial charge in [-0.05, 0) is 95.4 Å². The summed E-state index contributed by atoms with van der Waals surface area (Å²) >= 11 is 0. The lowest BCUT2D eigenvalue weighted by atomic mass is 9.97. The number of anilines is 1. The Morgan fingerprint density at radius 1 is 0.979 bits per heavy atom. The highest BCUT2D eigenvalue weighted by Gasteiger charge is 2.29. The maximum atomic E-state index is 15.7. The first-order chi connectivity index (χ1) is 23.2. The maximum absolute atomic E-state index is 15.7. The number of ether oxygens (including phenoxy) is 1. The van der Waals surface area contributed by atoms with Crippen LogP contribution in [0.1, 0.15) is 83.5 Å². The summed E-state index contributed by atoms with van der Waals surface area (Å²) in [5.74, 6) is -0.323. The number of pyridine rings is 1. The van der Waals surface area contributed by atoms with Crippen LogP contribution in [-0.4, -0.2) is 72.1 Å². The van der Waals surface area contributed by atoms with Crippen LogP contribution in [0.3, 0.4) is 0 Å². The van der Waals surface area contributed by atoms with E-state index in [2.05, 4.69) is 48.3 Å². The van der Waals surface area contributed by atoms with E-state index in [0.717, 1.165) is 29.8 Å². The fraction of sp³-hybridized carbons (Fsp3) is 0.487. The van der Waals surface area contributed by atoms with Crippen molar-refractivity contribution < 1.29 is 13.9 Å². The van der Waals surface area contributed by atoms with Gasteiger partial charge in [0, 0.05) is 44.5 Å². The number of nitrogens with one attached hydrogen (secondary N) is 2. The molecule has 0 aliphatic carbocycles. The molecule has 0 saturated carbocycles. The molecular formula is C39H52FN5O3. The molecule has 1 amide bonds. The smallest absolute Gasteiger partial charge is 0.256 e. The van der Waals surface area contributed by atoms with E-state index in [1.165, 1.54) is 58.0 Å². The van der Waals surface area contributed by atoms with Crippen molar-refractivity contribution in [2.45, 2.75) is 91.3 Å². The van der Waals surface area contributed by atoms with Crippen molar-refractivity contribution in [3.63, 3.8) is 0 Å². The number of likely N-dealkylation sites (tertiary alicyclic amines) is 2. The number of fused-ring (bicyclic) bond motifs is 3. The Kier molecular flexibility index (Phi) is 11.4. The Labute approximate surface area is 284 Å². The lowest BCUT2D eigenvalue weighted by Crippen LogP contribution is -2.44. The molecule has 3 aromatic carbocycles. The monoisotopic (exact) mass is 657 g/mol. The van der Waals surface area contributed by atoms with Crippen LogP contribution in [0.2, 0.25) is 0 Å². The molecule has 2 saturated heterocycles. The molecule has 48 heavy (non-hydrogen) atoms. The molecule has 3 aliphatic rings. The quantitative estimate of drug-likeness (QED) is 0.181. The molecule has 0 radical (unpaired) electrons. The maximum Gasteiger partial charge on any atom is 0.256 e. The number of amides is 1. The molecule has 258 valence electrons. The first-order valence-corrected chi connectivity index (χ1v) is 17.7. The number of hydrogen-bond donors (Lipinski definition) is 2. The van der Waals surface area contributed by atoms with Gasteiger partial charge in [-0.3, -0.25) is 14.5 Å². The van der Waals surface area contributed by atoms with Crippen LogP contribution in [0.25, 0.3) is 27.4 Å². The molecule has 9 heteroatoms. The summed E-state index contributed by atoms with van der Waals surface area (Å²) in [6.07, 6.45) is 8.85. The zero-order valence-corrected chi connectivity index (χ0v) is 29.7. The molecule has 3 atom stereocenters. The summed E-state index contributed by atoms with van der Waals surface area (Å²) in [4.78, 5) is 30.9. The predicted molar refractivity (Wildman–Crippen MR) is 196 cm³/mol. The number of hydrogen-bond acceptors (Lipinski definition) is 6. The average molecular weight is 658 g/mol. The number of aromatic nitrogens is 1. The molecule has 2 fully saturated rings. The number of halogens is 1. The van der Waals surface area contributed by atoms with Gasteiger partial charge in [0.2, 0.25) is 5.43 Å². The van der Waals surface area contributed by atoms with Crippen molar-refractivity contribution in [2.75, 3.05) is 39.0 Å². The van der Waals surface area contributed by atoms with Gasteiger partial charge in [-0.25, -0.2) is 4.39 Å². The van der Waals surface area contributed by atoms with Gasteiger partial charge in [0.05, 0.1) is 11.1 Å². The summed E-state index contributed by atoms with van der Waals surface area (Å²) in [5.41, 5.74) is 0.761. The number of carbonyl (C=O) groups is 1. The van der Waals surface area contributed by atoms with Crippen molar-refractivity contribution in [1.82, 2.24) is 19.7 Å². The third-order valence-electron chi connectivity index (χ3n) is 10.1. The lowest BCUT2D eigenvalue weighted by Gasteiger charge is -2.39. The van der Waals surface area contributed by atoms with Gasteiger partial charge >= 0.3 is 0 Å². The van der Waals surface area contributed by atoms with Crippen molar-refractivity contribution in [3.8, 4) is 17.2 Å². The summed E-state index contributed by atoms with van der Waals surface area (Å²) < 4.78 is 23.8. The lowest BCUT2D eigenvalue weighted by molar-refractivity contribution is 0.0961. The van der Waals surface area contributed by atoms with Crippen LogP contribution in [0.4, 0.5) is 10.1 Å². The minimum absolute atomic E-state index is 0.0539. The average Bonchev–Trinajstić information content (AvgIpc) is 3.47. The van der Waals surface area contributed by atoms with E-state index in [-0.39, 0.29) is 22.4 Å². The van der Waals surface area contributed by atoms with Gasteiger partial charge in [-0.1, -0.05) is 44.5 Å². The van der Waals surface area contributed by atoms with Crippen molar-refractivity contribution >= 4 is 33.3 Å².